The van der Waals surface area contributed by atoms with E-state index in [0.29, 0.717) is 5.69 Å². The topological polar surface area (TPSA) is 110 Å². The number of fused-ring (bicyclic) bond motifs is 1. The lowest BCUT2D eigenvalue weighted by Crippen LogP contribution is -2.33. The largest absolute Gasteiger partial charge is 0.353 e. The summed E-state index contributed by atoms with van der Waals surface area (Å²) >= 11 is 0. The predicted molar refractivity (Wildman–Crippen MR) is 87.8 cm³/mol. The van der Waals surface area contributed by atoms with Crippen LogP contribution in [-0.2, 0) is 21.4 Å². The molecule has 3 heterocycles. The third-order valence-electron chi connectivity index (χ3n) is 3.23. The molecule has 2 N–H and O–H groups in total. The van der Waals surface area contributed by atoms with Crippen molar-refractivity contribution in [3.8, 4) is 0 Å². The van der Waals surface area contributed by atoms with Gasteiger partial charge in [-0.2, -0.15) is 10.2 Å². The van der Waals surface area contributed by atoms with Crippen LogP contribution in [0.15, 0.2) is 49.1 Å². The van der Waals surface area contributed by atoms with Gasteiger partial charge in [-0.3, -0.25) is 14.2 Å². The summed E-state index contributed by atoms with van der Waals surface area (Å²) in [7, 11) is -3.56. The van der Waals surface area contributed by atoms with Gasteiger partial charge in [-0.05, 0) is 24.3 Å². The van der Waals surface area contributed by atoms with Gasteiger partial charge >= 0.3 is 0 Å². The zero-order valence-electron chi connectivity index (χ0n) is 12.7. The fraction of sp³-hybridized carbons (Fsp3) is 0.214. The molecule has 0 aliphatic rings. The highest BCUT2D eigenvalue weighted by molar-refractivity contribution is 7.92. The molecule has 126 valence electrons. The van der Waals surface area contributed by atoms with E-state index in [1.165, 1.54) is 4.68 Å². The molecule has 0 spiro atoms. The van der Waals surface area contributed by atoms with Gasteiger partial charge in [-0.25, -0.2) is 12.9 Å². The van der Waals surface area contributed by atoms with Gasteiger partial charge in [-0.1, -0.05) is 0 Å². The molecule has 3 aromatic rings. The lowest BCUT2D eigenvalue weighted by Gasteiger charge is -2.09. The Balaban J connectivity index is 1.51. The zero-order chi connectivity index (χ0) is 17.0. The highest BCUT2D eigenvalue weighted by Gasteiger charge is 2.12. The molecule has 0 radical (unpaired) electrons. The lowest BCUT2D eigenvalue weighted by atomic mass is 10.4. The molecular weight excluding hydrogens is 332 g/mol. The second kappa shape index (κ2) is 6.71. The summed E-state index contributed by atoms with van der Waals surface area (Å²) in [5.41, 5.74) is 1.23. The molecule has 0 fully saturated rings. The van der Waals surface area contributed by atoms with E-state index in [1.54, 1.807) is 53.6 Å². The van der Waals surface area contributed by atoms with Crippen LogP contribution in [-0.4, -0.2) is 46.0 Å². The van der Waals surface area contributed by atoms with Crippen molar-refractivity contribution >= 4 is 27.1 Å². The van der Waals surface area contributed by atoms with Gasteiger partial charge in [0.05, 0.1) is 17.0 Å². The van der Waals surface area contributed by atoms with Gasteiger partial charge in [-0.15, -0.1) is 0 Å². The number of nitrogens with one attached hydrogen (secondary N) is 2. The van der Waals surface area contributed by atoms with Crippen LogP contribution >= 0.6 is 0 Å². The first-order chi connectivity index (χ1) is 11.5. The van der Waals surface area contributed by atoms with Gasteiger partial charge < -0.3 is 5.32 Å². The second-order valence-corrected chi connectivity index (χ2v) is 6.93. The Morgan fingerprint density at radius 2 is 2.04 bits per heavy atom. The monoisotopic (exact) mass is 348 g/mol. The number of hydrogen-bond donors (Lipinski definition) is 2. The molecule has 0 saturated heterocycles. The molecule has 9 nitrogen and oxygen atoms in total. The number of aromatic nitrogens is 4. The molecule has 0 aliphatic heterocycles. The summed E-state index contributed by atoms with van der Waals surface area (Å²) in [6, 6.07) is 6.78. The van der Waals surface area contributed by atoms with Gasteiger partial charge in [0.15, 0.2) is 0 Å². The third kappa shape index (κ3) is 4.10. The molecule has 1 amide bonds. The summed E-state index contributed by atoms with van der Waals surface area (Å²) < 4.78 is 29.7. The maximum Gasteiger partial charge on any atom is 0.241 e. The standard InChI is InChI=1S/C14H16N6O3S/c21-14(11-19-7-1-4-16-19)15-6-9-24(22,23)18-12-3-8-20-13(10-12)2-5-17-20/h1-5,7-8,10,18H,6,9,11H2,(H,15,21). The Bertz CT molecular complexity index is 932. The summed E-state index contributed by atoms with van der Waals surface area (Å²) in [6.07, 6.45) is 6.52. The van der Waals surface area contributed by atoms with E-state index in [9.17, 15) is 13.2 Å². The molecule has 0 unspecified atom stereocenters. The van der Waals surface area contributed by atoms with Crippen LogP contribution in [0, 0.1) is 0 Å². The number of carbonyl (C=O) groups is 1. The molecule has 0 atom stereocenters. The normalized spacial score (nSPS) is 11.5. The predicted octanol–water partition coefficient (Wildman–Crippen LogP) is 0.0889. The number of nitrogens with zero attached hydrogens (tertiary/aromatic N) is 4. The van der Waals surface area contributed by atoms with Crippen LogP contribution in [0.5, 0.6) is 0 Å². The molecule has 0 aromatic carbocycles. The molecule has 3 aromatic heterocycles. The van der Waals surface area contributed by atoms with Crippen molar-refractivity contribution in [1.82, 2.24) is 24.7 Å². The van der Waals surface area contributed by atoms with Crippen molar-refractivity contribution in [2.45, 2.75) is 6.54 Å². The zero-order valence-corrected chi connectivity index (χ0v) is 13.5. The summed E-state index contributed by atoms with van der Waals surface area (Å²) in [4.78, 5) is 11.7. The van der Waals surface area contributed by atoms with Crippen molar-refractivity contribution in [1.29, 1.82) is 0 Å². The molecular formula is C14H16N6O3S. The van der Waals surface area contributed by atoms with Crippen LogP contribution in [0.1, 0.15) is 0 Å². The van der Waals surface area contributed by atoms with Crippen molar-refractivity contribution in [2.24, 2.45) is 0 Å². The highest BCUT2D eigenvalue weighted by atomic mass is 32.2. The quantitative estimate of drug-likeness (QED) is 0.629. The number of sulfonamides is 1. The Labute approximate surface area is 138 Å². The van der Waals surface area contributed by atoms with Crippen molar-refractivity contribution in [3.05, 3.63) is 49.1 Å². The van der Waals surface area contributed by atoms with Gasteiger partial charge in [0.2, 0.25) is 15.9 Å². The first-order valence-corrected chi connectivity index (χ1v) is 8.85. The molecule has 0 saturated carbocycles. The minimum absolute atomic E-state index is 0.0182. The molecule has 3 rings (SSSR count). The molecule has 10 heteroatoms. The summed E-state index contributed by atoms with van der Waals surface area (Å²) in [5.74, 6) is -0.517. The van der Waals surface area contributed by atoms with E-state index in [4.69, 9.17) is 0 Å². The SMILES string of the molecule is O=C(Cn1cccn1)NCCS(=O)(=O)Nc1ccn2nccc2c1. The first-order valence-electron chi connectivity index (χ1n) is 7.20. The maximum atomic E-state index is 12.1. The third-order valence-corrected chi connectivity index (χ3v) is 4.52. The van der Waals surface area contributed by atoms with E-state index >= 15 is 0 Å². The Morgan fingerprint density at radius 3 is 2.83 bits per heavy atom. The minimum atomic E-state index is -3.56. The van der Waals surface area contributed by atoms with Gasteiger partial charge in [0.1, 0.15) is 6.54 Å². The van der Waals surface area contributed by atoms with Crippen LogP contribution in [0.3, 0.4) is 0 Å². The summed E-state index contributed by atoms with van der Waals surface area (Å²) in [5, 5.41) is 10.5. The second-order valence-electron chi connectivity index (χ2n) is 5.09. The van der Waals surface area contributed by atoms with Crippen LogP contribution in [0.2, 0.25) is 0 Å². The lowest BCUT2D eigenvalue weighted by molar-refractivity contribution is -0.121. The van der Waals surface area contributed by atoms with Crippen molar-refractivity contribution < 1.29 is 13.2 Å². The number of carbonyl (C=O) groups excluding carboxylic acids is 1. The fourth-order valence-electron chi connectivity index (χ4n) is 2.14. The maximum absolute atomic E-state index is 12.1. The Kier molecular flexibility index (Phi) is 4.47. The number of amides is 1. The van der Waals surface area contributed by atoms with E-state index in [0.717, 1.165) is 5.52 Å². The highest BCUT2D eigenvalue weighted by Crippen LogP contribution is 2.12. The van der Waals surface area contributed by atoms with Crippen LogP contribution in [0.4, 0.5) is 5.69 Å². The van der Waals surface area contributed by atoms with Crippen molar-refractivity contribution in [3.63, 3.8) is 0 Å². The van der Waals surface area contributed by atoms with E-state index < -0.39 is 10.0 Å². The van der Waals surface area contributed by atoms with E-state index in [1.807, 2.05) is 0 Å². The molecule has 24 heavy (non-hydrogen) atoms. The minimum Gasteiger partial charge on any atom is -0.353 e. The average Bonchev–Trinajstić information content (AvgIpc) is 3.17. The van der Waals surface area contributed by atoms with E-state index in [2.05, 4.69) is 20.2 Å². The molecule has 0 aliphatic carbocycles. The van der Waals surface area contributed by atoms with Crippen molar-refractivity contribution in [2.75, 3.05) is 17.0 Å². The van der Waals surface area contributed by atoms with Gasteiger partial charge in [0, 0.05) is 31.3 Å². The van der Waals surface area contributed by atoms with E-state index in [-0.39, 0.29) is 24.7 Å². The number of rotatable bonds is 7. The van der Waals surface area contributed by atoms with Crippen LogP contribution < -0.4 is 10.0 Å². The Morgan fingerprint density at radius 1 is 1.17 bits per heavy atom. The van der Waals surface area contributed by atoms with Gasteiger partial charge in [0.25, 0.3) is 0 Å². The van der Waals surface area contributed by atoms with Crippen LogP contribution in [0.25, 0.3) is 5.52 Å². The number of hydrogen-bond acceptors (Lipinski definition) is 5. The Hall–Kier alpha value is -2.88. The fourth-order valence-corrected chi connectivity index (χ4v) is 3.10. The summed E-state index contributed by atoms with van der Waals surface area (Å²) in [6.45, 7) is 0.0721. The number of pyridine rings is 1. The first kappa shape index (κ1) is 16.0. The smallest absolute Gasteiger partial charge is 0.241 e. The number of anilines is 1. The molecule has 0 bridgehead atoms. The average molecular weight is 348 g/mol.